The zero-order valence-corrected chi connectivity index (χ0v) is 16.3. The molecule has 28 heavy (non-hydrogen) atoms. The van der Waals surface area contributed by atoms with Crippen molar-refractivity contribution in [2.45, 2.75) is 6.04 Å². The van der Waals surface area contributed by atoms with E-state index in [1.165, 1.54) is 32.4 Å². The highest BCUT2D eigenvalue weighted by molar-refractivity contribution is 6.32. The van der Waals surface area contributed by atoms with E-state index in [-0.39, 0.29) is 10.6 Å². The number of carbonyl (C=O) groups excluding carboxylic acids is 1. The molecule has 1 amide bonds. The molecule has 0 aliphatic heterocycles. The van der Waals surface area contributed by atoms with Gasteiger partial charge < -0.3 is 19.4 Å². The summed E-state index contributed by atoms with van der Waals surface area (Å²) >= 11 is 6.20. The van der Waals surface area contributed by atoms with Crippen LogP contribution in [0.3, 0.4) is 0 Å². The highest BCUT2D eigenvalue weighted by Gasteiger charge is 2.25. The number of hydrogen-bond acceptors (Lipinski definition) is 4. The number of nitrogens with one attached hydrogen (secondary N) is 1. The third-order valence-electron chi connectivity index (χ3n) is 4.30. The highest BCUT2D eigenvalue weighted by atomic mass is 35.5. The number of methoxy groups -OCH3 is 2. The van der Waals surface area contributed by atoms with Gasteiger partial charge in [0.25, 0.3) is 5.91 Å². The van der Waals surface area contributed by atoms with Gasteiger partial charge in [-0.2, -0.15) is 0 Å². The molecule has 1 atom stereocenters. The lowest BCUT2D eigenvalue weighted by molar-refractivity contribution is 0.0940. The molecule has 1 N–H and O–H groups in total. The van der Waals surface area contributed by atoms with Crippen molar-refractivity contribution in [3.05, 3.63) is 76.6 Å². The van der Waals surface area contributed by atoms with Gasteiger partial charge in [-0.3, -0.25) is 4.79 Å². The van der Waals surface area contributed by atoms with Crippen LogP contribution in [-0.4, -0.2) is 29.7 Å². The first kappa shape index (κ1) is 19.7. The van der Waals surface area contributed by atoms with E-state index >= 15 is 0 Å². The van der Waals surface area contributed by atoms with Gasteiger partial charge >= 0.3 is 0 Å². The fourth-order valence-electron chi connectivity index (χ4n) is 2.91. The first-order chi connectivity index (χ1) is 13.5. The number of aryl methyl sites for hydroxylation is 1. The topological polar surface area (TPSA) is 65.4 Å². The van der Waals surface area contributed by atoms with Crippen LogP contribution in [0.4, 0.5) is 4.39 Å². The summed E-state index contributed by atoms with van der Waals surface area (Å²) in [4.78, 5) is 17.2. The second kappa shape index (κ2) is 8.31. The predicted octanol–water partition coefficient (Wildman–Crippen LogP) is 3.75. The minimum absolute atomic E-state index is 0.228. The molecule has 0 saturated carbocycles. The number of halogens is 2. The molecule has 8 heteroatoms. The Bertz CT molecular complexity index is 1010. The minimum atomic E-state index is -0.791. The Morgan fingerprint density at radius 3 is 2.61 bits per heavy atom. The first-order valence-corrected chi connectivity index (χ1v) is 8.78. The summed E-state index contributed by atoms with van der Waals surface area (Å²) in [5, 5.41) is 3.06. The molecule has 0 aliphatic rings. The van der Waals surface area contributed by atoms with E-state index in [1.54, 1.807) is 42.2 Å². The smallest absolute Gasteiger partial charge is 0.252 e. The van der Waals surface area contributed by atoms with Crippen molar-refractivity contribution in [2.75, 3.05) is 14.2 Å². The van der Waals surface area contributed by atoms with Crippen molar-refractivity contribution in [2.24, 2.45) is 7.05 Å². The van der Waals surface area contributed by atoms with E-state index in [4.69, 9.17) is 21.1 Å². The molecule has 2 aromatic carbocycles. The SMILES string of the molecule is COc1cc(C(=O)NC(c2ccccc2F)c2nccn2C)cc(Cl)c1OC. The standard InChI is InChI=1S/C20H19ClFN3O3/c1-25-9-8-23-19(25)17(13-6-4-5-7-15(13)22)24-20(26)12-10-14(21)18(28-3)16(11-12)27-2/h4-11,17H,1-3H3,(H,24,26). The zero-order chi connectivity index (χ0) is 20.3. The average Bonchev–Trinajstić information content (AvgIpc) is 3.11. The molecule has 0 spiro atoms. The lowest BCUT2D eigenvalue weighted by Crippen LogP contribution is -2.31. The third-order valence-corrected chi connectivity index (χ3v) is 4.58. The van der Waals surface area contributed by atoms with Gasteiger partial charge in [-0.25, -0.2) is 9.37 Å². The monoisotopic (exact) mass is 403 g/mol. The van der Waals surface area contributed by atoms with Crippen molar-refractivity contribution in [1.82, 2.24) is 14.9 Å². The Labute approximate surface area is 166 Å². The number of nitrogens with zero attached hydrogens (tertiary/aromatic N) is 2. The Balaban J connectivity index is 2.00. The fourth-order valence-corrected chi connectivity index (χ4v) is 3.20. The van der Waals surface area contributed by atoms with Crippen molar-refractivity contribution in [3.8, 4) is 11.5 Å². The lowest BCUT2D eigenvalue weighted by atomic mass is 10.0. The second-order valence-electron chi connectivity index (χ2n) is 6.02. The lowest BCUT2D eigenvalue weighted by Gasteiger charge is -2.20. The highest BCUT2D eigenvalue weighted by Crippen LogP contribution is 2.36. The maximum atomic E-state index is 14.5. The van der Waals surface area contributed by atoms with E-state index in [1.807, 2.05) is 0 Å². The summed E-state index contributed by atoms with van der Waals surface area (Å²) < 4.78 is 26.6. The molecule has 1 aromatic heterocycles. The molecule has 3 rings (SSSR count). The number of amides is 1. The van der Waals surface area contributed by atoms with E-state index in [0.717, 1.165) is 0 Å². The second-order valence-corrected chi connectivity index (χ2v) is 6.43. The summed E-state index contributed by atoms with van der Waals surface area (Å²) in [6.07, 6.45) is 3.31. The molecule has 0 fully saturated rings. The fraction of sp³-hybridized carbons (Fsp3) is 0.200. The van der Waals surface area contributed by atoms with Crippen molar-refractivity contribution in [3.63, 3.8) is 0 Å². The average molecular weight is 404 g/mol. The van der Waals surface area contributed by atoms with Gasteiger partial charge in [0.15, 0.2) is 11.5 Å². The van der Waals surface area contributed by atoms with Gasteiger partial charge in [0, 0.05) is 30.6 Å². The minimum Gasteiger partial charge on any atom is -0.493 e. The van der Waals surface area contributed by atoms with Crippen LogP contribution in [0.5, 0.6) is 11.5 Å². The molecule has 3 aromatic rings. The van der Waals surface area contributed by atoms with Gasteiger partial charge in [-0.15, -0.1) is 0 Å². The van der Waals surface area contributed by atoms with Crippen LogP contribution in [0.25, 0.3) is 0 Å². The summed E-state index contributed by atoms with van der Waals surface area (Å²) in [6, 6.07) is 8.42. The number of hydrogen-bond donors (Lipinski definition) is 1. The normalized spacial score (nSPS) is 11.8. The number of ether oxygens (including phenoxy) is 2. The molecular weight excluding hydrogens is 385 g/mol. The third kappa shape index (κ3) is 3.80. The molecule has 6 nitrogen and oxygen atoms in total. The molecule has 1 heterocycles. The van der Waals surface area contributed by atoms with Crippen LogP contribution in [0, 0.1) is 5.82 Å². The number of aromatic nitrogens is 2. The molecule has 0 aliphatic carbocycles. The molecular formula is C20H19ClFN3O3. The Morgan fingerprint density at radius 1 is 1.25 bits per heavy atom. The van der Waals surface area contributed by atoms with Crippen LogP contribution in [0.1, 0.15) is 27.8 Å². The van der Waals surface area contributed by atoms with Gasteiger partial charge in [0.05, 0.1) is 19.2 Å². The summed E-state index contributed by atoms with van der Waals surface area (Å²) in [7, 11) is 4.68. The molecule has 0 radical (unpaired) electrons. The maximum absolute atomic E-state index is 14.5. The molecule has 0 bridgehead atoms. The quantitative estimate of drug-likeness (QED) is 0.680. The number of benzene rings is 2. The van der Waals surface area contributed by atoms with E-state index in [2.05, 4.69) is 10.3 Å². The molecule has 0 saturated heterocycles. The number of carbonyl (C=O) groups is 1. The van der Waals surface area contributed by atoms with Crippen molar-refractivity contribution < 1.29 is 18.7 Å². The van der Waals surface area contributed by atoms with Crippen LogP contribution in [0.2, 0.25) is 5.02 Å². The van der Waals surface area contributed by atoms with Crippen LogP contribution in [-0.2, 0) is 7.05 Å². The number of rotatable bonds is 6. The van der Waals surface area contributed by atoms with E-state index < -0.39 is 17.8 Å². The van der Waals surface area contributed by atoms with Crippen LogP contribution < -0.4 is 14.8 Å². The molecule has 1 unspecified atom stereocenters. The number of imidazole rings is 1. The Morgan fingerprint density at radius 2 is 2.00 bits per heavy atom. The van der Waals surface area contributed by atoms with Crippen LogP contribution in [0.15, 0.2) is 48.8 Å². The summed E-state index contributed by atoms with van der Waals surface area (Å²) in [5.74, 6) is 0.236. The van der Waals surface area contributed by atoms with E-state index in [0.29, 0.717) is 22.9 Å². The Hall–Kier alpha value is -3.06. The first-order valence-electron chi connectivity index (χ1n) is 8.40. The summed E-state index contributed by atoms with van der Waals surface area (Å²) in [6.45, 7) is 0. The Kier molecular flexibility index (Phi) is 5.84. The van der Waals surface area contributed by atoms with E-state index in [9.17, 15) is 9.18 Å². The van der Waals surface area contributed by atoms with Gasteiger partial charge in [0.1, 0.15) is 17.7 Å². The predicted molar refractivity (Wildman–Crippen MR) is 103 cm³/mol. The van der Waals surface area contributed by atoms with Crippen LogP contribution >= 0.6 is 11.6 Å². The summed E-state index contributed by atoms with van der Waals surface area (Å²) in [5.41, 5.74) is 0.551. The van der Waals surface area contributed by atoms with Gasteiger partial charge in [-0.1, -0.05) is 29.8 Å². The van der Waals surface area contributed by atoms with Crippen molar-refractivity contribution >= 4 is 17.5 Å². The molecule has 146 valence electrons. The van der Waals surface area contributed by atoms with Gasteiger partial charge in [-0.05, 0) is 18.2 Å². The maximum Gasteiger partial charge on any atom is 0.252 e. The van der Waals surface area contributed by atoms with Crippen molar-refractivity contribution in [1.29, 1.82) is 0 Å². The zero-order valence-electron chi connectivity index (χ0n) is 15.6. The van der Waals surface area contributed by atoms with Gasteiger partial charge in [0.2, 0.25) is 0 Å². The largest absolute Gasteiger partial charge is 0.493 e.